The number of hydrogen-bond acceptors (Lipinski definition) is 9. The average Bonchev–Trinajstić information content (AvgIpc) is 2.91. The van der Waals surface area contributed by atoms with Crippen molar-refractivity contribution in [2.75, 3.05) is 14.1 Å². The van der Waals surface area contributed by atoms with E-state index < -0.39 is 67.2 Å². The van der Waals surface area contributed by atoms with E-state index in [1.54, 1.807) is 24.3 Å². The van der Waals surface area contributed by atoms with Gasteiger partial charge < -0.3 is 29.9 Å². The summed E-state index contributed by atoms with van der Waals surface area (Å²) in [6.07, 6.45) is 3.04. The van der Waals surface area contributed by atoms with Gasteiger partial charge in [0.2, 0.25) is 5.91 Å². The smallest absolute Gasteiger partial charge is 0.508 e. The number of aromatic nitrogens is 2. The zero-order chi connectivity index (χ0) is 30.2. The summed E-state index contributed by atoms with van der Waals surface area (Å²) in [5, 5.41) is 15.0. The Morgan fingerprint density at radius 2 is 1.83 bits per heavy atom. The SMILES string of the molecule is CC(C)CC(NC(=O)C(Cc1ccccc1)NC(=O)c1cnccn1)B1OC(=O)C[C@@](CC(=O)O)(C(=O)N(C)C)O1. The van der Waals surface area contributed by atoms with Crippen LogP contribution in [0.25, 0.3) is 0 Å². The van der Waals surface area contributed by atoms with Crippen molar-refractivity contribution in [1.29, 1.82) is 0 Å². The molecule has 1 aromatic carbocycles. The number of amides is 3. The minimum atomic E-state index is -2.01. The Bertz CT molecular complexity index is 1240. The first-order valence-electron chi connectivity index (χ1n) is 13.1. The standard InChI is InChI=1S/C27H34BN5O8/c1-17(2)12-21(28-40-23(36)15-27(41-28,14-22(34)35)26(39)33(3)4)32-24(37)19(13-18-8-6-5-7-9-18)31-25(38)20-16-29-10-11-30-20/h5-11,16-17,19,21H,12-15H2,1-4H3,(H,31,38)(H,32,37)(H,34,35)/t19?,21?,27-/m0/s1. The number of carboxylic acid groups (broad SMARTS) is 1. The molecule has 1 aromatic heterocycles. The van der Waals surface area contributed by atoms with E-state index in [1.807, 2.05) is 19.9 Å². The van der Waals surface area contributed by atoms with Gasteiger partial charge in [-0.1, -0.05) is 44.2 Å². The summed E-state index contributed by atoms with van der Waals surface area (Å²) in [4.78, 5) is 73.1. The van der Waals surface area contributed by atoms with Gasteiger partial charge in [-0.2, -0.15) is 0 Å². The van der Waals surface area contributed by atoms with Crippen LogP contribution < -0.4 is 10.6 Å². The zero-order valence-corrected chi connectivity index (χ0v) is 23.4. The van der Waals surface area contributed by atoms with Crippen LogP contribution in [0, 0.1) is 5.92 Å². The second-order valence-corrected chi connectivity index (χ2v) is 10.5. The van der Waals surface area contributed by atoms with Gasteiger partial charge in [-0.15, -0.1) is 0 Å². The predicted molar refractivity (Wildman–Crippen MR) is 146 cm³/mol. The van der Waals surface area contributed by atoms with Gasteiger partial charge >= 0.3 is 13.1 Å². The number of carbonyl (C=O) groups excluding carboxylic acids is 4. The Labute approximate surface area is 238 Å². The highest BCUT2D eigenvalue weighted by Gasteiger charge is 2.55. The lowest BCUT2D eigenvalue weighted by molar-refractivity contribution is -0.169. The molecule has 2 unspecified atom stereocenters. The molecule has 0 saturated carbocycles. The summed E-state index contributed by atoms with van der Waals surface area (Å²) in [6, 6.07) is 7.96. The predicted octanol–water partition coefficient (Wildman–Crippen LogP) is 0.641. The maximum atomic E-state index is 13.7. The van der Waals surface area contributed by atoms with Gasteiger partial charge in [0.05, 0.1) is 25.0 Å². The van der Waals surface area contributed by atoms with Crippen molar-refractivity contribution in [2.24, 2.45) is 5.92 Å². The third-order valence-corrected chi connectivity index (χ3v) is 6.33. The van der Waals surface area contributed by atoms with Crippen molar-refractivity contribution in [3.63, 3.8) is 0 Å². The fourth-order valence-electron chi connectivity index (χ4n) is 4.55. The van der Waals surface area contributed by atoms with Crippen LogP contribution in [0.3, 0.4) is 0 Å². The molecule has 41 heavy (non-hydrogen) atoms. The van der Waals surface area contributed by atoms with E-state index in [2.05, 4.69) is 20.6 Å². The molecule has 13 nitrogen and oxygen atoms in total. The monoisotopic (exact) mass is 567 g/mol. The number of benzene rings is 1. The molecule has 3 amide bonds. The molecule has 3 atom stereocenters. The van der Waals surface area contributed by atoms with Gasteiger partial charge in [0.15, 0.2) is 5.60 Å². The molecule has 14 heteroatoms. The van der Waals surface area contributed by atoms with Crippen LogP contribution in [0.15, 0.2) is 48.9 Å². The fourth-order valence-corrected chi connectivity index (χ4v) is 4.55. The lowest BCUT2D eigenvalue weighted by Crippen LogP contribution is -2.64. The topological polar surface area (TPSA) is 177 Å². The molecular weight excluding hydrogens is 533 g/mol. The highest BCUT2D eigenvalue weighted by molar-refractivity contribution is 6.50. The van der Waals surface area contributed by atoms with E-state index in [0.29, 0.717) is 0 Å². The molecule has 0 spiro atoms. The molecule has 2 heterocycles. The van der Waals surface area contributed by atoms with E-state index in [4.69, 9.17) is 9.31 Å². The molecule has 1 fully saturated rings. The minimum Gasteiger partial charge on any atom is -0.508 e. The van der Waals surface area contributed by atoms with Crippen LogP contribution in [-0.4, -0.2) is 88.4 Å². The summed E-state index contributed by atoms with van der Waals surface area (Å²) in [5.41, 5.74) is -1.23. The molecule has 1 aliphatic rings. The number of carbonyl (C=O) groups is 5. The molecule has 3 N–H and O–H groups in total. The third kappa shape index (κ3) is 8.58. The maximum Gasteiger partial charge on any atom is 0.552 e. The van der Waals surface area contributed by atoms with Crippen molar-refractivity contribution in [1.82, 2.24) is 25.5 Å². The summed E-state index contributed by atoms with van der Waals surface area (Å²) in [5.74, 6) is -5.12. The second kappa shape index (κ2) is 13.8. The van der Waals surface area contributed by atoms with Gasteiger partial charge in [-0.05, 0) is 17.9 Å². The molecule has 0 aliphatic carbocycles. The van der Waals surface area contributed by atoms with E-state index in [-0.39, 0.29) is 24.5 Å². The number of hydrogen-bond donors (Lipinski definition) is 3. The van der Waals surface area contributed by atoms with Crippen LogP contribution >= 0.6 is 0 Å². The normalized spacial score (nSPS) is 18.2. The summed E-state index contributed by atoms with van der Waals surface area (Å²) in [6.45, 7) is 3.74. The Morgan fingerprint density at radius 1 is 1.12 bits per heavy atom. The summed E-state index contributed by atoms with van der Waals surface area (Å²) < 4.78 is 11.4. The zero-order valence-electron chi connectivity index (χ0n) is 23.4. The third-order valence-electron chi connectivity index (χ3n) is 6.33. The van der Waals surface area contributed by atoms with Crippen LogP contribution in [0.2, 0.25) is 0 Å². The van der Waals surface area contributed by atoms with Gasteiger partial charge in [-0.25, -0.2) is 4.98 Å². The van der Waals surface area contributed by atoms with E-state index in [1.165, 1.54) is 32.7 Å². The van der Waals surface area contributed by atoms with Gasteiger partial charge in [0.25, 0.3) is 17.8 Å². The number of carboxylic acids is 1. The van der Waals surface area contributed by atoms with Gasteiger partial charge in [0, 0.05) is 32.9 Å². The number of likely N-dealkylation sites (N-methyl/N-ethyl adjacent to an activating group) is 1. The first-order chi connectivity index (χ1) is 19.4. The van der Waals surface area contributed by atoms with Crippen molar-refractivity contribution in [2.45, 2.75) is 57.1 Å². The first kappa shape index (κ1) is 31.2. The lowest BCUT2D eigenvalue weighted by Gasteiger charge is -2.40. The van der Waals surface area contributed by atoms with Crippen molar-refractivity contribution < 1.29 is 38.4 Å². The van der Waals surface area contributed by atoms with E-state index in [9.17, 15) is 29.1 Å². The molecule has 218 valence electrons. The summed E-state index contributed by atoms with van der Waals surface area (Å²) in [7, 11) is 1.39. The average molecular weight is 567 g/mol. The van der Waals surface area contributed by atoms with Crippen LogP contribution in [-0.2, 0) is 34.9 Å². The Balaban J connectivity index is 1.90. The fraction of sp³-hybridized carbons (Fsp3) is 0.444. The molecule has 2 aromatic rings. The van der Waals surface area contributed by atoms with Crippen molar-refractivity contribution >= 4 is 36.8 Å². The van der Waals surface area contributed by atoms with E-state index >= 15 is 0 Å². The molecule has 3 rings (SSSR count). The summed E-state index contributed by atoms with van der Waals surface area (Å²) >= 11 is 0. The molecule has 0 radical (unpaired) electrons. The molecule has 1 aliphatic heterocycles. The molecular formula is C27H34BN5O8. The van der Waals surface area contributed by atoms with Crippen LogP contribution in [0.4, 0.5) is 0 Å². The minimum absolute atomic E-state index is 0.0160. The number of nitrogens with one attached hydrogen (secondary N) is 2. The van der Waals surface area contributed by atoms with Crippen molar-refractivity contribution in [3.8, 4) is 0 Å². The molecule has 0 bridgehead atoms. The highest BCUT2D eigenvalue weighted by atomic mass is 16.6. The van der Waals surface area contributed by atoms with Gasteiger partial charge in [0.1, 0.15) is 11.7 Å². The van der Waals surface area contributed by atoms with Crippen LogP contribution in [0.5, 0.6) is 0 Å². The second-order valence-electron chi connectivity index (χ2n) is 10.5. The largest absolute Gasteiger partial charge is 0.552 e. The molecule has 1 saturated heterocycles. The Morgan fingerprint density at radius 3 is 2.41 bits per heavy atom. The number of aliphatic carboxylic acids is 1. The Kier molecular flexibility index (Phi) is 10.5. The highest BCUT2D eigenvalue weighted by Crippen LogP contribution is 2.31. The van der Waals surface area contributed by atoms with E-state index in [0.717, 1.165) is 10.5 Å². The first-order valence-corrected chi connectivity index (χ1v) is 13.1. The quantitative estimate of drug-likeness (QED) is 0.309. The van der Waals surface area contributed by atoms with Crippen LogP contribution in [0.1, 0.15) is 49.2 Å². The lowest BCUT2D eigenvalue weighted by atomic mass is 9.70. The van der Waals surface area contributed by atoms with Crippen molar-refractivity contribution in [3.05, 3.63) is 60.2 Å². The van der Waals surface area contributed by atoms with Gasteiger partial charge in [-0.3, -0.25) is 29.0 Å². The number of rotatable bonds is 12. The Hall–Kier alpha value is -4.33. The number of nitrogens with zero attached hydrogens (tertiary/aromatic N) is 3. The maximum absolute atomic E-state index is 13.7.